The highest BCUT2D eigenvalue weighted by atomic mass is 19.1. The van der Waals surface area contributed by atoms with Gasteiger partial charge in [0.05, 0.1) is 19.3 Å². The molecule has 1 aromatic rings. The van der Waals surface area contributed by atoms with E-state index in [2.05, 4.69) is 10.3 Å². The fourth-order valence-corrected chi connectivity index (χ4v) is 1.89. The first kappa shape index (κ1) is 14.0. The summed E-state index contributed by atoms with van der Waals surface area (Å²) in [6.45, 7) is -0.239. The number of hydrogen-bond acceptors (Lipinski definition) is 4. The second-order valence-electron chi connectivity index (χ2n) is 4.32. The topological polar surface area (TPSA) is 91.8 Å². The molecule has 1 saturated heterocycles. The van der Waals surface area contributed by atoms with Crippen molar-refractivity contribution in [2.24, 2.45) is 0 Å². The van der Waals surface area contributed by atoms with Crippen LogP contribution in [-0.2, 0) is 0 Å². The van der Waals surface area contributed by atoms with Gasteiger partial charge in [0.2, 0.25) is 0 Å². The molecular weight excluding hydrogens is 269 g/mol. The fourth-order valence-electron chi connectivity index (χ4n) is 1.89. The lowest BCUT2D eigenvalue weighted by Crippen LogP contribution is -2.29. The van der Waals surface area contributed by atoms with Crippen molar-refractivity contribution < 1.29 is 23.8 Å². The summed E-state index contributed by atoms with van der Waals surface area (Å²) in [4.78, 5) is 26.9. The molecular formula is C12H14FN3O4. The zero-order valence-corrected chi connectivity index (χ0v) is 10.7. The number of pyridine rings is 1. The molecule has 0 bridgehead atoms. The minimum absolute atomic E-state index is 0.0340. The largest absolute Gasteiger partial charge is 0.484 e. The summed E-state index contributed by atoms with van der Waals surface area (Å²) in [6, 6.07) is 2.94. The van der Waals surface area contributed by atoms with Crippen LogP contribution in [0.5, 0.6) is 5.75 Å². The van der Waals surface area contributed by atoms with Crippen LogP contribution in [0.4, 0.5) is 9.18 Å². The average Bonchev–Trinajstić information content (AvgIpc) is 2.80. The summed E-state index contributed by atoms with van der Waals surface area (Å²) in [7, 11) is 1.49. The third kappa shape index (κ3) is 2.95. The van der Waals surface area contributed by atoms with E-state index in [1.165, 1.54) is 25.4 Å². The normalized spacial score (nSPS) is 21.6. The number of likely N-dealkylation sites (tertiary alicyclic amines) is 1. The van der Waals surface area contributed by atoms with Gasteiger partial charge in [0, 0.05) is 7.05 Å². The Labute approximate surface area is 114 Å². The van der Waals surface area contributed by atoms with E-state index in [0.29, 0.717) is 0 Å². The van der Waals surface area contributed by atoms with Crippen LogP contribution >= 0.6 is 0 Å². The van der Waals surface area contributed by atoms with Gasteiger partial charge in [-0.15, -0.1) is 0 Å². The second-order valence-corrected chi connectivity index (χ2v) is 4.32. The molecule has 7 nitrogen and oxygen atoms in total. The van der Waals surface area contributed by atoms with Crippen LogP contribution in [0.3, 0.4) is 0 Å². The van der Waals surface area contributed by atoms with Gasteiger partial charge in [0.1, 0.15) is 17.5 Å². The number of aromatic nitrogens is 1. The van der Waals surface area contributed by atoms with Gasteiger partial charge >= 0.3 is 6.09 Å². The Balaban J connectivity index is 2.00. The van der Waals surface area contributed by atoms with Crippen LogP contribution in [0.1, 0.15) is 10.5 Å². The van der Waals surface area contributed by atoms with E-state index in [0.717, 1.165) is 4.90 Å². The fraction of sp³-hybridized carbons (Fsp3) is 0.417. The van der Waals surface area contributed by atoms with Crippen molar-refractivity contribution in [1.29, 1.82) is 0 Å². The summed E-state index contributed by atoms with van der Waals surface area (Å²) in [5, 5.41) is 11.2. The molecule has 20 heavy (non-hydrogen) atoms. The summed E-state index contributed by atoms with van der Waals surface area (Å²) >= 11 is 0. The van der Waals surface area contributed by atoms with Crippen molar-refractivity contribution in [3.8, 4) is 5.75 Å². The summed E-state index contributed by atoms with van der Waals surface area (Å²) in [5.74, 6) is -0.0459. The maximum absolute atomic E-state index is 13.6. The molecule has 1 aliphatic rings. The Bertz CT molecular complexity index is 508. The van der Waals surface area contributed by atoms with Crippen molar-refractivity contribution in [3.63, 3.8) is 0 Å². The van der Waals surface area contributed by atoms with E-state index in [9.17, 15) is 14.0 Å². The number of carbonyl (C=O) groups excluding carboxylic acids is 1. The monoisotopic (exact) mass is 283 g/mol. The highest BCUT2D eigenvalue weighted by molar-refractivity contribution is 5.91. The molecule has 2 atom stereocenters. The molecule has 0 aliphatic carbocycles. The zero-order chi connectivity index (χ0) is 14.7. The first-order chi connectivity index (χ1) is 9.51. The Morgan fingerprint density at radius 3 is 2.75 bits per heavy atom. The number of nitrogens with one attached hydrogen (secondary N) is 1. The predicted molar refractivity (Wildman–Crippen MR) is 66.5 cm³/mol. The molecule has 0 saturated carbocycles. The maximum atomic E-state index is 13.6. The van der Waals surface area contributed by atoms with E-state index in [-0.39, 0.29) is 30.4 Å². The first-order valence-corrected chi connectivity index (χ1v) is 5.98. The number of hydrogen-bond donors (Lipinski definition) is 2. The van der Waals surface area contributed by atoms with E-state index in [1.54, 1.807) is 0 Å². The number of carbonyl (C=O) groups is 2. The van der Waals surface area contributed by atoms with Gasteiger partial charge in [0.15, 0.2) is 6.17 Å². The highest BCUT2D eigenvalue weighted by Gasteiger charge is 2.37. The zero-order valence-electron chi connectivity index (χ0n) is 10.7. The lowest BCUT2D eigenvalue weighted by molar-refractivity contribution is 0.0957. The lowest BCUT2D eigenvalue weighted by atomic mass is 10.3. The number of carboxylic acid groups (broad SMARTS) is 1. The summed E-state index contributed by atoms with van der Waals surface area (Å²) < 4.78 is 19.0. The van der Waals surface area contributed by atoms with Gasteiger partial charge in [-0.05, 0) is 12.1 Å². The lowest BCUT2D eigenvalue weighted by Gasteiger charge is -2.15. The van der Waals surface area contributed by atoms with Gasteiger partial charge in [-0.2, -0.15) is 0 Å². The third-order valence-electron chi connectivity index (χ3n) is 2.95. The standard InChI is InChI=1S/C12H14FN3O4/c1-14-11(17)9-3-2-7(4-15-9)20-10-6-16(12(18)19)5-8(10)13/h2-4,8,10H,5-6H2,1H3,(H,14,17)(H,18,19)/t8-,10?/m1/s1. The summed E-state index contributed by atoms with van der Waals surface area (Å²) in [5.41, 5.74) is 0.218. The maximum Gasteiger partial charge on any atom is 0.407 e. The highest BCUT2D eigenvalue weighted by Crippen LogP contribution is 2.20. The van der Waals surface area contributed by atoms with Gasteiger partial charge < -0.3 is 20.1 Å². The number of amides is 2. The van der Waals surface area contributed by atoms with E-state index >= 15 is 0 Å². The Hall–Kier alpha value is -2.38. The number of nitrogens with zero attached hydrogens (tertiary/aromatic N) is 2. The van der Waals surface area contributed by atoms with Crippen LogP contribution in [-0.4, -0.2) is 59.4 Å². The number of alkyl halides is 1. The van der Waals surface area contributed by atoms with Crippen molar-refractivity contribution in [2.45, 2.75) is 12.3 Å². The minimum atomic E-state index is -1.38. The molecule has 2 N–H and O–H groups in total. The molecule has 0 spiro atoms. The van der Waals surface area contributed by atoms with Gasteiger partial charge in [-0.1, -0.05) is 0 Å². The van der Waals surface area contributed by atoms with E-state index in [4.69, 9.17) is 9.84 Å². The molecule has 1 aromatic heterocycles. The molecule has 2 amide bonds. The molecule has 1 unspecified atom stereocenters. The molecule has 0 aromatic carbocycles. The minimum Gasteiger partial charge on any atom is -0.484 e. The van der Waals surface area contributed by atoms with Gasteiger partial charge in [-0.25, -0.2) is 14.2 Å². The van der Waals surface area contributed by atoms with E-state index < -0.39 is 18.4 Å². The summed E-state index contributed by atoms with van der Waals surface area (Å²) in [6.07, 6.45) is -2.11. The predicted octanol–water partition coefficient (Wildman–Crippen LogP) is 0.520. The third-order valence-corrected chi connectivity index (χ3v) is 2.95. The second kappa shape index (κ2) is 5.72. The van der Waals surface area contributed by atoms with Crippen molar-refractivity contribution in [3.05, 3.63) is 24.0 Å². The van der Waals surface area contributed by atoms with Crippen LogP contribution < -0.4 is 10.1 Å². The Morgan fingerprint density at radius 1 is 1.50 bits per heavy atom. The van der Waals surface area contributed by atoms with E-state index in [1.807, 2.05) is 0 Å². The number of halogens is 1. The molecule has 2 rings (SSSR count). The Morgan fingerprint density at radius 2 is 2.25 bits per heavy atom. The van der Waals surface area contributed by atoms with Crippen molar-refractivity contribution in [1.82, 2.24) is 15.2 Å². The molecule has 1 fully saturated rings. The molecule has 0 radical (unpaired) electrons. The van der Waals surface area contributed by atoms with Gasteiger partial charge in [0.25, 0.3) is 5.91 Å². The van der Waals surface area contributed by atoms with Crippen molar-refractivity contribution in [2.75, 3.05) is 20.1 Å². The van der Waals surface area contributed by atoms with Crippen LogP contribution in [0.15, 0.2) is 18.3 Å². The SMILES string of the molecule is CNC(=O)c1ccc(OC2CN(C(=O)O)C[C@H]2F)cn1. The van der Waals surface area contributed by atoms with Crippen LogP contribution in [0, 0.1) is 0 Å². The average molecular weight is 283 g/mol. The number of rotatable bonds is 3. The van der Waals surface area contributed by atoms with Crippen molar-refractivity contribution >= 4 is 12.0 Å². The molecule has 108 valence electrons. The van der Waals surface area contributed by atoms with Crippen LogP contribution in [0.2, 0.25) is 0 Å². The number of ether oxygens (including phenoxy) is 1. The quantitative estimate of drug-likeness (QED) is 0.843. The molecule has 1 aliphatic heterocycles. The molecule has 2 heterocycles. The smallest absolute Gasteiger partial charge is 0.407 e. The van der Waals surface area contributed by atoms with Crippen LogP contribution in [0.25, 0.3) is 0 Å². The first-order valence-electron chi connectivity index (χ1n) is 5.98. The Kier molecular flexibility index (Phi) is 4.02. The van der Waals surface area contributed by atoms with Gasteiger partial charge in [-0.3, -0.25) is 4.79 Å². The molecule has 8 heteroatoms.